The minimum Gasteiger partial charge on any atom is -0.364 e. The molecule has 1 saturated heterocycles. The van der Waals surface area contributed by atoms with Crippen LogP contribution in [0.3, 0.4) is 0 Å². The molecule has 0 radical (unpaired) electrons. The van der Waals surface area contributed by atoms with E-state index < -0.39 is 12.6 Å². The van der Waals surface area contributed by atoms with E-state index >= 15 is 0 Å². The largest absolute Gasteiger partial charge is 0.394 e. The predicted molar refractivity (Wildman–Crippen MR) is 139 cm³/mol. The summed E-state index contributed by atoms with van der Waals surface area (Å²) in [5, 5.41) is 13.7. The van der Waals surface area contributed by atoms with E-state index in [-0.39, 0.29) is 23.4 Å². The van der Waals surface area contributed by atoms with Gasteiger partial charge in [0.05, 0.1) is 30.4 Å². The predicted octanol–water partition coefficient (Wildman–Crippen LogP) is 5.12. The van der Waals surface area contributed by atoms with Gasteiger partial charge in [0.25, 0.3) is 0 Å². The highest BCUT2D eigenvalue weighted by molar-refractivity contribution is 14.2. The van der Waals surface area contributed by atoms with Gasteiger partial charge in [-0.1, -0.05) is 19.9 Å². The highest BCUT2D eigenvalue weighted by Gasteiger charge is 2.33. The van der Waals surface area contributed by atoms with Crippen LogP contribution in [0, 0.1) is 11.3 Å². The Morgan fingerprint density at radius 1 is 1.47 bits per heavy atom. The molecule has 3 atom stereocenters. The number of alkyl halides is 3. The Hall–Kier alpha value is -1.77. The number of halogens is 4. The lowest BCUT2D eigenvalue weighted by Gasteiger charge is -2.44. The van der Waals surface area contributed by atoms with E-state index in [1.54, 1.807) is 24.0 Å². The number of aromatic nitrogens is 1. The van der Waals surface area contributed by atoms with Crippen LogP contribution in [0.2, 0.25) is 0 Å². The van der Waals surface area contributed by atoms with E-state index in [2.05, 4.69) is 37.0 Å². The number of rotatable bonds is 8. The average molecular weight is 610 g/mol. The van der Waals surface area contributed by atoms with E-state index in [4.69, 9.17) is 0 Å². The molecule has 0 spiro atoms. The molecule has 0 N–H and O–H groups in total. The van der Waals surface area contributed by atoms with Crippen LogP contribution >= 0.6 is 28.4 Å². The lowest BCUT2D eigenvalue weighted by molar-refractivity contribution is -0.128. The van der Waals surface area contributed by atoms with E-state index in [1.807, 2.05) is 38.7 Å². The summed E-state index contributed by atoms with van der Waals surface area (Å²) in [4.78, 5) is 19.5. The van der Waals surface area contributed by atoms with Crippen molar-refractivity contribution in [2.75, 3.05) is 26.7 Å². The van der Waals surface area contributed by atoms with Crippen molar-refractivity contribution in [1.29, 1.82) is 5.26 Å². The second-order valence-corrected chi connectivity index (χ2v) is 9.69. The SMILES string of the molecule is CC.CC(c1cccnc1CC(F)(F)F)N1CCN(C(/C=N\N(C)PI)=C(\C#N)C=O)C(C)C1. The zero-order chi connectivity index (χ0) is 25.9. The first kappa shape index (κ1) is 30.3. The molecule has 34 heavy (non-hydrogen) atoms. The monoisotopic (exact) mass is 610 g/mol. The molecule has 1 fully saturated rings. The zero-order valence-electron chi connectivity index (χ0n) is 20.0. The normalized spacial score (nSPS) is 18.8. The van der Waals surface area contributed by atoms with Crippen LogP contribution in [0.1, 0.15) is 45.0 Å². The number of nitriles is 1. The van der Waals surface area contributed by atoms with Crippen molar-refractivity contribution in [2.24, 2.45) is 5.10 Å². The molecule has 1 aromatic heterocycles. The Labute approximate surface area is 214 Å². The Kier molecular flexibility index (Phi) is 13.0. The zero-order valence-corrected chi connectivity index (χ0v) is 23.1. The second-order valence-electron chi connectivity index (χ2n) is 7.43. The van der Waals surface area contributed by atoms with Gasteiger partial charge < -0.3 is 4.90 Å². The lowest BCUT2D eigenvalue weighted by Crippen LogP contribution is -2.52. The Bertz CT molecular complexity index is 905. The highest BCUT2D eigenvalue weighted by atomic mass is 127. The van der Waals surface area contributed by atoms with Crippen LogP contribution in [-0.2, 0) is 11.2 Å². The van der Waals surface area contributed by atoms with Crippen molar-refractivity contribution in [3.05, 3.63) is 40.9 Å². The first-order valence-corrected chi connectivity index (χ1v) is 14.9. The van der Waals surface area contributed by atoms with Crippen molar-refractivity contribution >= 4 is 40.9 Å². The van der Waals surface area contributed by atoms with Crippen molar-refractivity contribution in [3.8, 4) is 6.07 Å². The van der Waals surface area contributed by atoms with E-state index in [1.165, 1.54) is 12.4 Å². The summed E-state index contributed by atoms with van der Waals surface area (Å²) in [5.74, 6) is 0. The Morgan fingerprint density at radius 3 is 2.68 bits per heavy atom. The van der Waals surface area contributed by atoms with Crippen LogP contribution in [-0.4, -0.2) is 71.0 Å². The van der Waals surface area contributed by atoms with Gasteiger partial charge in [0, 0.05) is 45.0 Å². The van der Waals surface area contributed by atoms with Crippen LogP contribution < -0.4 is 0 Å². The van der Waals surface area contributed by atoms with Crippen molar-refractivity contribution < 1.29 is 18.0 Å². The molecular weight excluding hydrogens is 579 g/mol. The summed E-state index contributed by atoms with van der Waals surface area (Å²) in [6.45, 7) is 9.41. The molecule has 188 valence electrons. The number of hydrazone groups is 1. The third-order valence-electron chi connectivity index (χ3n) is 5.25. The van der Waals surface area contributed by atoms with Crippen molar-refractivity contribution in [1.82, 2.24) is 19.6 Å². The van der Waals surface area contributed by atoms with Gasteiger partial charge in [0.2, 0.25) is 0 Å². The van der Waals surface area contributed by atoms with Crippen LogP contribution in [0.25, 0.3) is 0 Å². The van der Waals surface area contributed by atoms with E-state index in [9.17, 15) is 23.2 Å². The molecule has 1 aromatic rings. The molecule has 0 saturated carbocycles. The lowest BCUT2D eigenvalue weighted by atomic mass is 10.0. The maximum Gasteiger partial charge on any atom is 0.394 e. The molecule has 2 heterocycles. The standard InChI is InChI=1S/C20H25F3IN6OP.C2H6/c1-14-12-29(15(2)17-5-4-6-26-18(17)9-20(21,22)23)7-8-30(14)19(16(10-25)13-31)11-27-28(3)32-24;1-2/h4-6,11,13-15,32H,7-9,12H2,1-3H3;1-2H3/b19-16+,27-11-;. The van der Waals surface area contributed by atoms with Crippen LogP contribution in [0.4, 0.5) is 13.2 Å². The number of aldehydes is 1. The summed E-state index contributed by atoms with van der Waals surface area (Å²) in [5.41, 5.74) is 1.03. The van der Waals surface area contributed by atoms with Gasteiger partial charge in [-0.25, -0.2) is 0 Å². The number of carbonyl (C=O) groups is 1. The van der Waals surface area contributed by atoms with Crippen molar-refractivity contribution in [3.63, 3.8) is 0 Å². The molecule has 1 aliphatic rings. The molecule has 0 aliphatic carbocycles. The maximum absolute atomic E-state index is 13.0. The smallest absolute Gasteiger partial charge is 0.364 e. The Balaban J connectivity index is 0.00000281. The van der Waals surface area contributed by atoms with Gasteiger partial charge in [-0.3, -0.25) is 19.5 Å². The molecular formula is C22H31F3IN6OP. The molecule has 0 bridgehead atoms. The molecule has 0 amide bonds. The van der Waals surface area contributed by atoms with Crippen molar-refractivity contribution in [2.45, 2.75) is 52.4 Å². The third-order valence-corrected chi connectivity index (χ3v) is 7.70. The number of hydrogen-bond donors (Lipinski definition) is 0. The van der Waals surface area contributed by atoms with Gasteiger partial charge in [0.1, 0.15) is 11.6 Å². The number of carbonyl (C=O) groups excluding carboxylic acids is 1. The minimum absolute atomic E-state index is 0.00740. The van der Waals surface area contributed by atoms with Crippen LogP contribution in [0.5, 0.6) is 0 Å². The maximum atomic E-state index is 13.0. The summed E-state index contributed by atoms with van der Waals surface area (Å²) in [6, 6.07) is 4.91. The summed E-state index contributed by atoms with van der Waals surface area (Å²) in [6.07, 6.45) is -1.57. The first-order valence-electron chi connectivity index (χ1n) is 10.9. The molecule has 3 unspecified atom stereocenters. The number of allylic oxidation sites excluding steroid dienone is 2. The summed E-state index contributed by atoms with van der Waals surface area (Å²) in [7, 11) is 1.79. The van der Waals surface area contributed by atoms with Gasteiger partial charge in [0.15, 0.2) is 6.29 Å². The fourth-order valence-electron chi connectivity index (χ4n) is 3.67. The van der Waals surface area contributed by atoms with E-state index in [0.29, 0.717) is 43.6 Å². The van der Waals surface area contributed by atoms with E-state index in [0.717, 1.165) is 0 Å². The molecule has 0 aromatic carbocycles. The molecule has 1 aliphatic heterocycles. The van der Waals surface area contributed by atoms with Gasteiger partial charge in [-0.2, -0.15) is 23.5 Å². The van der Waals surface area contributed by atoms with Gasteiger partial charge in [-0.05, 0) is 47.5 Å². The molecule has 7 nitrogen and oxygen atoms in total. The number of pyridine rings is 1. The minimum atomic E-state index is -4.33. The third kappa shape index (κ3) is 8.78. The highest BCUT2D eigenvalue weighted by Crippen LogP contribution is 2.30. The number of piperazine rings is 1. The number of hydrogen-bond acceptors (Lipinski definition) is 7. The number of nitrogens with zero attached hydrogens (tertiary/aromatic N) is 6. The Morgan fingerprint density at radius 2 is 2.15 bits per heavy atom. The fraction of sp³-hybridized carbons (Fsp3) is 0.545. The van der Waals surface area contributed by atoms with Gasteiger partial charge in [-0.15, -0.1) is 0 Å². The quantitative estimate of drug-likeness (QED) is 0.0775. The first-order chi connectivity index (χ1) is 16.1. The fourth-order valence-corrected chi connectivity index (χ4v) is 4.14. The molecule has 12 heteroatoms. The van der Waals surface area contributed by atoms with Crippen LogP contribution in [0.15, 0.2) is 34.7 Å². The summed E-state index contributed by atoms with van der Waals surface area (Å²) < 4.78 is 40.7. The molecule has 2 rings (SSSR count). The summed E-state index contributed by atoms with van der Waals surface area (Å²) >= 11 is 2.17. The second kappa shape index (κ2) is 14.6. The topological polar surface area (TPSA) is 75.8 Å². The average Bonchev–Trinajstić information content (AvgIpc) is 2.82. The van der Waals surface area contributed by atoms with Gasteiger partial charge >= 0.3 is 6.18 Å².